The van der Waals surface area contributed by atoms with Gasteiger partial charge in [0.2, 0.25) is 5.91 Å². The van der Waals surface area contributed by atoms with E-state index in [2.05, 4.69) is 32.1 Å². The smallest absolute Gasteiger partial charge is 0.346 e. The standard InChI is InChI=1S/C20H31N7O2S/c1-3-24-8-10-25(11-9-24)13-19(28)22-16-4-5-18-23-27(20(29)26(18)7-6-16)12-17-14-30-15(2)21-17/h14,16H,3-13H2,1-2H3,(H,22,28). The Kier molecular flexibility index (Phi) is 6.64. The van der Waals surface area contributed by atoms with E-state index in [1.165, 1.54) is 4.68 Å². The lowest BCUT2D eigenvalue weighted by Crippen LogP contribution is -2.50. The predicted molar refractivity (Wildman–Crippen MR) is 116 cm³/mol. The molecule has 30 heavy (non-hydrogen) atoms. The highest BCUT2D eigenvalue weighted by Crippen LogP contribution is 2.13. The second-order valence-electron chi connectivity index (χ2n) is 8.17. The average Bonchev–Trinajstić information content (AvgIpc) is 3.20. The van der Waals surface area contributed by atoms with Gasteiger partial charge in [-0.15, -0.1) is 11.3 Å². The summed E-state index contributed by atoms with van der Waals surface area (Å²) < 4.78 is 3.27. The Labute approximate surface area is 180 Å². The van der Waals surface area contributed by atoms with Gasteiger partial charge in [-0.1, -0.05) is 6.92 Å². The number of aryl methyl sites for hydroxylation is 2. The van der Waals surface area contributed by atoms with Gasteiger partial charge in [-0.3, -0.25) is 14.3 Å². The van der Waals surface area contributed by atoms with Crippen molar-refractivity contribution in [2.45, 2.75) is 52.2 Å². The highest BCUT2D eigenvalue weighted by molar-refractivity contribution is 7.09. The molecule has 1 atom stereocenters. The molecule has 2 aromatic heterocycles. The fraction of sp³-hybridized carbons (Fsp3) is 0.700. The fourth-order valence-electron chi connectivity index (χ4n) is 4.25. The van der Waals surface area contributed by atoms with E-state index in [-0.39, 0.29) is 17.6 Å². The number of nitrogens with zero attached hydrogens (tertiary/aromatic N) is 6. The molecule has 0 spiro atoms. The zero-order valence-electron chi connectivity index (χ0n) is 17.8. The Morgan fingerprint density at radius 3 is 2.67 bits per heavy atom. The van der Waals surface area contributed by atoms with Gasteiger partial charge >= 0.3 is 5.69 Å². The summed E-state index contributed by atoms with van der Waals surface area (Å²) in [5.41, 5.74) is 0.786. The van der Waals surface area contributed by atoms with Crippen LogP contribution < -0.4 is 11.0 Å². The van der Waals surface area contributed by atoms with Crippen molar-refractivity contribution in [2.75, 3.05) is 39.3 Å². The molecule has 9 nitrogen and oxygen atoms in total. The summed E-state index contributed by atoms with van der Waals surface area (Å²) in [6, 6.07) is 0.0881. The second kappa shape index (κ2) is 9.40. The Balaban J connectivity index is 1.29. The fourth-order valence-corrected chi connectivity index (χ4v) is 4.85. The van der Waals surface area contributed by atoms with Crippen LogP contribution in [0.4, 0.5) is 0 Å². The Bertz CT molecular complexity index is 926. The lowest BCUT2D eigenvalue weighted by atomic mass is 10.1. The van der Waals surface area contributed by atoms with Crippen LogP contribution in [0, 0.1) is 6.92 Å². The highest BCUT2D eigenvalue weighted by atomic mass is 32.1. The van der Waals surface area contributed by atoms with Gasteiger partial charge in [-0.2, -0.15) is 5.10 Å². The quantitative estimate of drug-likeness (QED) is 0.706. The van der Waals surface area contributed by atoms with Gasteiger partial charge in [0.25, 0.3) is 0 Å². The first-order chi connectivity index (χ1) is 14.5. The molecule has 0 radical (unpaired) electrons. The number of thiazole rings is 1. The van der Waals surface area contributed by atoms with Gasteiger partial charge in [-0.05, 0) is 26.3 Å². The van der Waals surface area contributed by atoms with E-state index in [1.807, 2.05) is 12.3 Å². The molecule has 4 rings (SSSR count). The molecule has 0 aromatic carbocycles. The number of carbonyl (C=O) groups excluding carboxylic acids is 1. The van der Waals surface area contributed by atoms with E-state index in [9.17, 15) is 9.59 Å². The second-order valence-corrected chi connectivity index (χ2v) is 9.23. The van der Waals surface area contributed by atoms with Crippen molar-refractivity contribution in [3.8, 4) is 0 Å². The maximum Gasteiger partial charge on any atom is 0.346 e. The Morgan fingerprint density at radius 2 is 1.97 bits per heavy atom. The topological polar surface area (TPSA) is 88.3 Å². The number of hydrogen-bond acceptors (Lipinski definition) is 7. The van der Waals surface area contributed by atoms with Gasteiger partial charge in [0.05, 0.1) is 23.8 Å². The molecule has 1 N–H and O–H groups in total. The minimum Gasteiger partial charge on any atom is -0.352 e. The molecule has 4 heterocycles. The minimum absolute atomic E-state index is 0.0841. The molecule has 0 bridgehead atoms. The highest BCUT2D eigenvalue weighted by Gasteiger charge is 2.24. The molecule has 1 saturated heterocycles. The number of nitrogens with one attached hydrogen (secondary N) is 1. The zero-order valence-corrected chi connectivity index (χ0v) is 18.7. The van der Waals surface area contributed by atoms with Gasteiger partial charge in [0, 0.05) is 50.6 Å². The molecule has 1 unspecified atom stereocenters. The van der Waals surface area contributed by atoms with E-state index in [1.54, 1.807) is 15.9 Å². The molecule has 164 valence electrons. The lowest BCUT2D eigenvalue weighted by molar-refractivity contribution is -0.123. The third-order valence-corrected chi connectivity index (χ3v) is 6.86. The number of hydrogen-bond donors (Lipinski definition) is 1. The van der Waals surface area contributed by atoms with Crippen LogP contribution in [0.15, 0.2) is 10.2 Å². The normalized spacial score (nSPS) is 20.7. The number of piperazine rings is 1. The van der Waals surface area contributed by atoms with Gasteiger partial charge < -0.3 is 10.2 Å². The summed E-state index contributed by atoms with van der Waals surface area (Å²) in [4.78, 5) is 34.3. The van der Waals surface area contributed by atoms with Gasteiger partial charge in [0.15, 0.2) is 0 Å². The van der Waals surface area contributed by atoms with Crippen molar-refractivity contribution in [3.63, 3.8) is 0 Å². The monoisotopic (exact) mass is 433 g/mol. The van der Waals surface area contributed by atoms with Crippen LogP contribution in [-0.4, -0.2) is 80.3 Å². The number of likely N-dealkylation sites (N-methyl/N-ethyl adjacent to an activating group) is 1. The molecule has 0 saturated carbocycles. The Morgan fingerprint density at radius 1 is 1.20 bits per heavy atom. The zero-order chi connectivity index (χ0) is 21.1. The molecule has 1 amide bonds. The average molecular weight is 434 g/mol. The van der Waals surface area contributed by atoms with Crippen LogP contribution in [0.25, 0.3) is 0 Å². The summed E-state index contributed by atoms with van der Waals surface area (Å²) in [7, 11) is 0. The summed E-state index contributed by atoms with van der Waals surface area (Å²) >= 11 is 1.58. The third-order valence-electron chi connectivity index (χ3n) is 6.04. The van der Waals surface area contributed by atoms with Crippen molar-refractivity contribution >= 4 is 17.2 Å². The predicted octanol–water partition coefficient (Wildman–Crippen LogP) is 0.317. The number of aromatic nitrogens is 4. The first-order valence-electron chi connectivity index (χ1n) is 10.8. The Hall–Kier alpha value is -2.04. The van der Waals surface area contributed by atoms with Crippen LogP contribution in [0.5, 0.6) is 0 Å². The van der Waals surface area contributed by atoms with Crippen molar-refractivity contribution in [1.82, 2.24) is 34.4 Å². The molecule has 2 aromatic rings. The molecule has 2 aliphatic heterocycles. The van der Waals surface area contributed by atoms with E-state index in [0.717, 1.165) is 62.1 Å². The summed E-state index contributed by atoms with van der Waals surface area (Å²) in [6.07, 6.45) is 2.25. The van der Waals surface area contributed by atoms with Crippen LogP contribution in [0.1, 0.15) is 36.3 Å². The third kappa shape index (κ3) is 4.98. The summed E-state index contributed by atoms with van der Waals surface area (Å²) in [5.74, 6) is 0.889. The molecule has 1 fully saturated rings. The SMILES string of the molecule is CCN1CCN(CC(=O)NC2CCc3nn(Cc4csc(C)n4)c(=O)n3CC2)CC1. The largest absolute Gasteiger partial charge is 0.352 e. The van der Waals surface area contributed by atoms with Crippen molar-refractivity contribution < 1.29 is 4.79 Å². The first kappa shape index (κ1) is 21.2. The van der Waals surface area contributed by atoms with Gasteiger partial charge in [-0.25, -0.2) is 14.5 Å². The maximum atomic E-state index is 12.8. The first-order valence-corrected chi connectivity index (χ1v) is 11.7. The molecular weight excluding hydrogens is 402 g/mol. The van der Waals surface area contributed by atoms with E-state index in [0.29, 0.717) is 26.1 Å². The van der Waals surface area contributed by atoms with E-state index >= 15 is 0 Å². The van der Waals surface area contributed by atoms with E-state index in [4.69, 9.17) is 0 Å². The minimum atomic E-state index is -0.0866. The van der Waals surface area contributed by atoms with E-state index < -0.39 is 0 Å². The summed E-state index contributed by atoms with van der Waals surface area (Å²) in [6.45, 7) is 10.6. The molecular formula is C20H31N7O2S. The number of carbonyl (C=O) groups is 1. The lowest BCUT2D eigenvalue weighted by Gasteiger charge is -2.33. The molecule has 2 aliphatic rings. The van der Waals surface area contributed by atoms with Gasteiger partial charge in [0.1, 0.15) is 5.82 Å². The van der Waals surface area contributed by atoms with Crippen molar-refractivity contribution in [1.29, 1.82) is 0 Å². The van der Waals surface area contributed by atoms with Crippen LogP contribution in [0.3, 0.4) is 0 Å². The maximum absolute atomic E-state index is 12.8. The number of rotatable bonds is 6. The van der Waals surface area contributed by atoms with Crippen molar-refractivity contribution in [2.24, 2.45) is 0 Å². The summed E-state index contributed by atoms with van der Waals surface area (Å²) in [5, 5.41) is 10.7. The number of amides is 1. The number of fused-ring (bicyclic) bond motifs is 1. The van der Waals surface area contributed by atoms with Crippen LogP contribution >= 0.6 is 11.3 Å². The molecule has 0 aliphatic carbocycles. The van der Waals surface area contributed by atoms with Crippen LogP contribution in [0.2, 0.25) is 0 Å². The van der Waals surface area contributed by atoms with Crippen molar-refractivity contribution in [3.05, 3.63) is 32.4 Å². The van der Waals surface area contributed by atoms with Crippen LogP contribution in [-0.2, 0) is 24.3 Å². The molecule has 10 heteroatoms.